The van der Waals surface area contributed by atoms with Crippen molar-refractivity contribution in [3.63, 3.8) is 0 Å². The summed E-state index contributed by atoms with van der Waals surface area (Å²) in [5.41, 5.74) is -0.208. The minimum Gasteiger partial charge on any atom is -0.494 e. The van der Waals surface area contributed by atoms with E-state index in [9.17, 15) is 9.18 Å². The Morgan fingerprint density at radius 2 is 2.05 bits per heavy atom. The fourth-order valence-corrected chi connectivity index (χ4v) is 2.40. The fraction of sp³-hybridized carbons (Fsp3) is 0.533. The summed E-state index contributed by atoms with van der Waals surface area (Å²) in [6.07, 6.45) is 0. The van der Waals surface area contributed by atoms with Gasteiger partial charge in [-0.05, 0) is 26.0 Å². The van der Waals surface area contributed by atoms with Crippen molar-refractivity contribution in [2.75, 3.05) is 38.6 Å². The lowest BCUT2D eigenvalue weighted by Gasteiger charge is -2.39. The number of methoxy groups -OCH3 is 1. The van der Waals surface area contributed by atoms with Crippen molar-refractivity contribution < 1.29 is 13.9 Å². The highest BCUT2D eigenvalue weighted by Gasteiger charge is 2.35. The Morgan fingerprint density at radius 1 is 1.38 bits per heavy atom. The van der Waals surface area contributed by atoms with E-state index in [1.54, 1.807) is 6.07 Å². The molecule has 1 aliphatic heterocycles. The average Bonchev–Trinajstić information content (AvgIpc) is 2.48. The van der Waals surface area contributed by atoms with Crippen LogP contribution in [0.4, 0.5) is 10.1 Å². The maximum absolute atomic E-state index is 13.7. The van der Waals surface area contributed by atoms with Crippen molar-refractivity contribution >= 4 is 11.6 Å². The van der Waals surface area contributed by atoms with Crippen LogP contribution in [0.25, 0.3) is 0 Å². The summed E-state index contributed by atoms with van der Waals surface area (Å²) in [5, 5.41) is 6.03. The van der Waals surface area contributed by atoms with Gasteiger partial charge in [-0.25, -0.2) is 4.39 Å². The fourth-order valence-electron chi connectivity index (χ4n) is 2.40. The van der Waals surface area contributed by atoms with E-state index in [0.29, 0.717) is 5.69 Å². The molecule has 0 bridgehead atoms. The van der Waals surface area contributed by atoms with E-state index in [2.05, 4.69) is 15.5 Å². The molecular formula is C15H22FN3O2. The Morgan fingerprint density at radius 3 is 2.62 bits per heavy atom. The van der Waals surface area contributed by atoms with E-state index in [0.717, 1.165) is 26.2 Å². The van der Waals surface area contributed by atoms with Crippen LogP contribution in [0.3, 0.4) is 0 Å². The zero-order valence-electron chi connectivity index (χ0n) is 12.7. The number of hydrogen-bond donors (Lipinski definition) is 2. The molecule has 0 atom stereocenters. The predicted molar refractivity (Wildman–Crippen MR) is 80.1 cm³/mol. The third kappa shape index (κ3) is 3.51. The molecule has 116 valence electrons. The molecule has 1 saturated heterocycles. The van der Waals surface area contributed by atoms with Gasteiger partial charge in [0.05, 0.1) is 12.6 Å². The molecule has 1 aromatic rings. The lowest BCUT2D eigenvalue weighted by molar-refractivity contribution is -0.126. The van der Waals surface area contributed by atoms with Gasteiger partial charge in [0.2, 0.25) is 5.91 Å². The van der Waals surface area contributed by atoms with Crippen LogP contribution in [0, 0.1) is 5.82 Å². The first kappa shape index (κ1) is 15.7. The largest absolute Gasteiger partial charge is 0.494 e. The zero-order chi connectivity index (χ0) is 15.5. The van der Waals surface area contributed by atoms with Gasteiger partial charge in [0, 0.05) is 37.9 Å². The number of anilines is 1. The third-order valence-corrected chi connectivity index (χ3v) is 3.87. The molecule has 0 unspecified atom stereocenters. The van der Waals surface area contributed by atoms with Gasteiger partial charge in [-0.2, -0.15) is 0 Å². The van der Waals surface area contributed by atoms with Crippen LogP contribution >= 0.6 is 0 Å². The van der Waals surface area contributed by atoms with Gasteiger partial charge in [0.1, 0.15) is 0 Å². The first-order valence-electron chi connectivity index (χ1n) is 7.06. The number of benzene rings is 1. The lowest BCUT2D eigenvalue weighted by Crippen LogP contribution is -2.58. The van der Waals surface area contributed by atoms with Crippen molar-refractivity contribution in [2.24, 2.45) is 0 Å². The second-order valence-corrected chi connectivity index (χ2v) is 5.60. The minimum absolute atomic E-state index is 0.144. The maximum atomic E-state index is 13.7. The number of carbonyl (C=O) groups is 1. The first-order chi connectivity index (χ1) is 9.95. The van der Waals surface area contributed by atoms with Crippen LogP contribution in [-0.2, 0) is 4.79 Å². The number of nitrogens with zero attached hydrogens (tertiary/aromatic N) is 1. The molecule has 0 aromatic heterocycles. The average molecular weight is 295 g/mol. The summed E-state index contributed by atoms with van der Waals surface area (Å²) in [6.45, 7) is 7.14. The van der Waals surface area contributed by atoms with Crippen molar-refractivity contribution in [1.82, 2.24) is 10.2 Å². The summed E-state index contributed by atoms with van der Waals surface area (Å²) < 4.78 is 18.5. The Balaban J connectivity index is 2.07. The smallest absolute Gasteiger partial charge is 0.244 e. The highest BCUT2D eigenvalue weighted by molar-refractivity contribution is 5.97. The Bertz CT molecular complexity index is 514. The molecule has 0 saturated carbocycles. The van der Waals surface area contributed by atoms with Crippen molar-refractivity contribution in [3.05, 3.63) is 24.0 Å². The molecule has 6 heteroatoms. The minimum atomic E-state index is -0.640. The summed E-state index contributed by atoms with van der Waals surface area (Å²) in [5.74, 6) is -0.474. The monoisotopic (exact) mass is 295 g/mol. The topological polar surface area (TPSA) is 53.6 Å². The molecule has 21 heavy (non-hydrogen) atoms. The molecule has 5 nitrogen and oxygen atoms in total. The highest BCUT2D eigenvalue weighted by atomic mass is 19.1. The Hall–Kier alpha value is -1.66. The SMILES string of the molecule is COc1ccc(NC(=O)C(C)(C)N2CCNCC2)cc1F. The highest BCUT2D eigenvalue weighted by Crippen LogP contribution is 2.23. The molecule has 1 aliphatic rings. The van der Waals surface area contributed by atoms with Crippen LogP contribution in [0.5, 0.6) is 5.75 Å². The van der Waals surface area contributed by atoms with Crippen LogP contribution in [-0.4, -0.2) is 49.6 Å². The van der Waals surface area contributed by atoms with E-state index < -0.39 is 11.4 Å². The number of hydrogen-bond acceptors (Lipinski definition) is 4. The van der Waals surface area contributed by atoms with E-state index in [4.69, 9.17) is 4.74 Å². The van der Waals surface area contributed by atoms with Crippen LogP contribution in [0.2, 0.25) is 0 Å². The summed E-state index contributed by atoms with van der Waals surface area (Å²) in [4.78, 5) is 14.6. The molecule has 1 fully saturated rings. The summed E-state index contributed by atoms with van der Waals surface area (Å²) >= 11 is 0. The lowest BCUT2D eigenvalue weighted by atomic mass is 10.0. The molecule has 1 heterocycles. The number of rotatable bonds is 4. The van der Waals surface area contributed by atoms with E-state index in [1.807, 2.05) is 13.8 Å². The summed E-state index contributed by atoms with van der Waals surface area (Å²) in [6, 6.07) is 4.40. The number of piperazine rings is 1. The quantitative estimate of drug-likeness (QED) is 0.883. The molecule has 2 rings (SSSR count). The third-order valence-electron chi connectivity index (χ3n) is 3.87. The normalized spacial score (nSPS) is 16.6. The number of ether oxygens (including phenoxy) is 1. The second-order valence-electron chi connectivity index (χ2n) is 5.60. The van der Waals surface area contributed by atoms with Gasteiger partial charge in [-0.1, -0.05) is 0 Å². The van der Waals surface area contributed by atoms with E-state index in [-0.39, 0.29) is 11.7 Å². The number of amides is 1. The van der Waals surface area contributed by atoms with Crippen molar-refractivity contribution in [3.8, 4) is 5.75 Å². The van der Waals surface area contributed by atoms with Gasteiger partial charge >= 0.3 is 0 Å². The van der Waals surface area contributed by atoms with Gasteiger partial charge < -0.3 is 15.4 Å². The van der Waals surface area contributed by atoms with E-state index in [1.165, 1.54) is 19.2 Å². The predicted octanol–water partition coefficient (Wildman–Crippen LogP) is 1.46. The first-order valence-corrected chi connectivity index (χ1v) is 7.06. The molecule has 2 N–H and O–H groups in total. The van der Waals surface area contributed by atoms with Crippen LogP contribution in [0.15, 0.2) is 18.2 Å². The second kappa shape index (κ2) is 6.41. The number of nitrogens with one attached hydrogen (secondary N) is 2. The van der Waals surface area contributed by atoms with Crippen molar-refractivity contribution in [1.29, 1.82) is 0 Å². The molecule has 0 spiro atoms. The zero-order valence-corrected chi connectivity index (χ0v) is 12.7. The molecule has 0 radical (unpaired) electrons. The maximum Gasteiger partial charge on any atom is 0.244 e. The van der Waals surface area contributed by atoms with Crippen molar-refractivity contribution in [2.45, 2.75) is 19.4 Å². The molecule has 1 aromatic carbocycles. The van der Waals surface area contributed by atoms with Crippen LogP contribution in [0.1, 0.15) is 13.8 Å². The Labute approximate surface area is 124 Å². The van der Waals surface area contributed by atoms with E-state index >= 15 is 0 Å². The Kier molecular flexibility index (Phi) is 4.80. The number of halogens is 1. The van der Waals surface area contributed by atoms with Crippen LogP contribution < -0.4 is 15.4 Å². The number of carbonyl (C=O) groups excluding carboxylic acids is 1. The van der Waals surface area contributed by atoms with Gasteiger partial charge in [-0.3, -0.25) is 9.69 Å². The van der Waals surface area contributed by atoms with Gasteiger partial charge in [0.25, 0.3) is 0 Å². The molecular weight excluding hydrogens is 273 g/mol. The van der Waals surface area contributed by atoms with Gasteiger partial charge in [-0.15, -0.1) is 0 Å². The molecule has 0 aliphatic carbocycles. The molecule has 1 amide bonds. The summed E-state index contributed by atoms with van der Waals surface area (Å²) in [7, 11) is 1.41. The van der Waals surface area contributed by atoms with Gasteiger partial charge in [0.15, 0.2) is 11.6 Å². The standard InChI is InChI=1S/C15H22FN3O2/c1-15(2,19-8-6-17-7-9-19)14(20)18-11-4-5-13(21-3)12(16)10-11/h4-5,10,17H,6-9H2,1-3H3,(H,18,20).